The van der Waals surface area contributed by atoms with Crippen LogP contribution in [0.4, 0.5) is 0 Å². The molecule has 1 aliphatic rings. The van der Waals surface area contributed by atoms with Gasteiger partial charge in [0.2, 0.25) is 5.60 Å². The molecule has 4 heteroatoms. The van der Waals surface area contributed by atoms with E-state index < -0.39 is 11.6 Å². The largest absolute Gasteiger partial charge is 0.370 e. The Bertz CT molecular complexity index is 582. The predicted octanol–water partition coefficient (Wildman–Crippen LogP) is 2.48. The minimum absolute atomic E-state index is 0.505. The van der Waals surface area contributed by atoms with Crippen molar-refractivity contribution in [2.45, 2.75) is 18.4 Å². The van der Waals surface area contributed by atoms with Crippen molar-refractivity contribution in [3.8, 4) is 0 Å². The summed E-state index contributed by atoms with van der Waals surface area (Å²) < 4.78 is 0. The maximum atomic E-state index is 12.7. The van der Waals surface area contributed by atoms with Gasteiger partial charge >= 0.3 is 5.97 Å². The number of aliphatic hydroxyl groups is 1. The SMILES string of the molecule is O=C(ON1CCCC1)C(O)(c1ccccc1)c1ccccc1. The van der Waals surface area contributed by atoms with Crippen molar-refractivity contribution in [3.63, 3.8) is 0 Å². The van der Waals surface area contributed by atoms with Crippen LogP contribution in [-0.2, 0) is 15.2 Å². The lowest BCUT2D eigenvalue weighted by molar-refractivity contribution is -0.203. The van der Waals surface area contributed by atoms with E-state index in [-0.39, 0.29) is 0 Å². The van der Waals surface area contributed by atoms with Gasteiger partial charge in [-0.05, 0) is 24.0 Å². The molecular weight excluding hydrogens is 278 g/mol. The molecule has 0 saturated carbocycles. The van der Waals surface area contributed by atoms with Gasteiger partial charge in [-0.1, -0.05) is 60.7 Å². The molecule has 114 valence electrons. The van der Waals surface area contributed by atoms with Crippen LogP contribution in [-0.4, -0.2) is 29.2 Å². The fraction of sp³-hybridized carbons (Fsp3) is 0.278. The van der Waals surface area contributed by atoms with E-state index in [1.54, 1.807) is 53.6 Å². The molecule has 1 saturated heterocycles. The number of nitrogens with zero attached hydrogens (tertiary/aromatic N) is 1. The molecule has 0 bridgehead atoms. The van der Waals surface area contributed by atoms with E-state index in [1.807, 2.05) is 12.1 Å². The van der Waals surface area contributed by atoms with Gasteiger partial charge in [0.25, 0.3) is 0 Å². The number of hydrogen-bond donors (Lipinski definition) is 1. The number of hydroxylamine groups is 2. The Labute approximate surface area is 129 Å². The van der Waals surface area contributed by atoms with Gasteiger partial charge in [0, 0.05) is 13.1 Å². The van der Waals surface area contributed by atoms with E-state index in [0.717, 1.165) is 12.8 Å². The van der Waals surface area contributed by atoms with Gasteiger partial charge < -0.3 is 9.94 Å². The summed E-state index contributed by atoms with van der Waals surface area (Å²) in [5, 5.41) is 12.8. The van der Waals surface area contributed by atoms with E-state index in [9.17, 15) is 9.90 Å². The third-order valence-corrected chi connectivity index (χ3v) is 3.96. The third-order valence-electron chi connectivity index (χ3n) is 3.96. The highest BCUT2D eigenvalue weighted by Crippen LogP contribution is 2.31. The maximum Gasteiger partial charge on any atom is 0.366 e. The topological polar surface area (TPSA) is 49.8 Å². The van der Waals surface area contributed by atoms with Crippen LogP contribution in [0, 0.1) is 0 Å². The molecule has 0 aromatic heterocycles. The quantitative estimate of drug-likeness (QED) is 0.942. The van der Waals surface area contributed by atoms with Crippen LogP contribution in [0.5, 0.6) is 0 Å². The highest BCUT2D eigenvalue weighted by molar-refractivity contribution is 5.85. The second kappa shape index (κ2) is 6.30. The first-order chi connectivity index (χ1) is 10.7. The fourth-order valence-electron chi connectivity index (χ4n) is 2.72. The van der Waals surface area contributed by atoms with Crippen LogP contribution >= 0.6 is 0 Å². The Morgan fingerprint density at radius 3 is 1.82 bits per heavy atom. The summed E-state index contributed by atoms with van der Waals surface area (Å²) in [6, 6.07) is 17.8. The Morgan fingerprint density at radius 1 is 0.909 bits per heavy atom. The van der Waals surface area contributed by atoms with Crippen molar-refractivity contribution in [1.82, 2.24) is 5.06 Å². The summed E-state index contributed by atoms with van der Waals surface area (Å²) in [6.07, 6.45) is 2.00. The van der Waals surface area contributed by atoms with Gasteiger partial charge in [-0.3, -0.25) is 0 Å². The lowest BCUT2D eigenvalue weighted by Crippen LogP contribution is -2.41. The summed E-state index contributed by atoms with van der Waals surface area (Å²) >= 11 is 0. The average Bonchev–Trinajstić information content (AvgIpc) is 3.08. The summed E-state index contributed by atoms with van der Waals surface area (Å²) in [5.41, 5.74) is -0.790. The molecule has 1 heterocycles. The molecule has 3 rings (SSSR count). The molecule has 4 nitrogen and oxygen atoms in total. The van der Waals surface area contributed by atoms with E-state index in [4.69, 9.17) is 4.84 Å². The molecule has 0 unspecified atom stereocenters. The molecule has 1 aliphatic heterocycles. The highest BCUT2D eigenvalue weighted by atomic mass is 16.7. The number of benzene rings is 2. The number of rotatable bonds is 4. The van der Waals surface area contributed by atoms with Crippen LogP contribution in [0.15, 0.2) is 60.7 Å². The molecule has 0 amide bonds. The first-order valence-electron chi connectivity index (χ1n) is 7.52. The van der Waals surface area contributed by atoms with Gasteiger partial charge in [0.15, 0.2) is 0 Å². The molecule has 1 N–H and O–H groups in total. The predicted molar refractivity (Wildman–Crippen MR) is 82.8 cm³/mol. The van der Waals surface area contributed by atoms with Gasteiger partial charge in [0.05, 0.1) is 0 Å². The smallest absolute Gasteiger partial charge is 0.366 e. The minimum Gasteiger partial charge on any atom is -0.370 e. The van der Waals surface area contributed by atoms with Crippen LogP contribution in [0.25, 0.3) is 0 Å². The van der Waals surface area contributed by atoms with E-state index >= 15 is 0 Å². The van der Waals surface area contributed by atoms with Crippen molar-refractivity contribution in [2.24, 2.45) is 0 Å². The van der Waals surface area contributed by atoms with Gasteiger partial charge in [-0.2, -0.15) is 0 Å². The van der Waals surface area contributed by atoms with Gasteiger partial charge in [-0.15, -0.1) is 5.06 Å². The zero-order valence-electron chi connectivity index (χ0n) is 12.3. The lowest BCUT2D eigenvalue weighted by atomic mass is 9.86. The first-order valence-corrected chi connectivity index (χ1v) is 7.52. The zero-order valence-corrected chi connectivity index (χ0v) is 12.3. The molecule has 0 radical (unpaired) electrons. The molecular formula is C18H19NO3. The minimum atomic E-state index is -1.80. The van der Waals surface area contributed by atoms with Crippen molar-refractivity contribution in [1.29, 1.82) is 0 Å². The molecule has 2 aromatic carbocycles. The van der Waals surface area contributed by atoms with Crippen LogP contribution in [0.2, 0.25) is 0 Å². The number of carbonyl (C=O) groups excluding carboxylic acids is 1. The van der Waals surface area contributed by atoms with Crippen molar-refractivity contribution in [2.75, 3.05) is 13.1 Å². The standard InChI is InChI=1S/C18H19NO3/c20-17(22-19-13-7-8-14-19)18(21,15-9-3-1-4-10-15)16-11-5-2-6-12-16/h1-6,9-12,21H,7-8,13-14H2. The molecule has 1 fully saturated rings. The van der Waals surface area contributed by atoms with Crippen molar-refractivity contribution in [3.05, 3.63) is 71.8 Å². The summed E-state index contributed by atoms with van der Waals surface area (Å²) in [6.45, 7) is 1.43. The van der Waals surface area contributed by atoms with Gasteiger partial charge in [-0.25, -0.2) is 4.79 Å². The Hall–Kier alpha value is -2.17. The van der Waals surface area contributed by atoms with Crippen LogP contribution < -0.4 is 0 Å². The van der Waals surface area contributed by atoms with E-state index in [2.05, 4.69) is 0 Å². The van der Waals surface area contributed by atoms with E-state index in [0.29, 0.717) is 24.2 Å². The summed E-state index contributed by atoms with van der Waals surface area (Å²) in [7, 11) is 0. The summed E-state index contributed by atoms with van der Waals surface area (Å²) in [4.78, 5) is 18.1. The second-order valence-corrected chi connectivity index (χ2v) is 5.46. The zero-order chi connectivity index (χ0) is 15.4. The van der Waals surface area contributed by atoms with Gasteiger partial charge in [0.1, 0.15) is 0 Å². The fourth-order valence-corrected chi connectivity index (χ4v) is 2.72. The molecule has 0 atom stereocenters. The van der Waals surface area contributed by atoms with Crippen LogP contribution in [0.3, 0.4) is 0 Å². The monoisotopic (exact) mass is 297 g/mol. The Morgan fingerprint density at radius 2 is 1.36 bits per heavy atom. The third kappa shape index (κ3) is 2.75. The van der Waals surface area contributed by atoms with Crippen LogP contribution in [0.1, 0.15) is 24.0 Å². The average molecular weight is 297 g/mol. The van der Waals surface area contributed by atoms with Crippen molar-refractivity contribution < 1.29 is 14.7 Å². The van der Waals surface area contributed by atoms with E-state index in [1.165, 1.54) is 0 Å². The highest BCUT2D eigenvalue weighted by Gasteiger charge is 2.43. The number of carbonyl (C=O) groups is 1. The Balaban J connectivity index is 1.97. The maximum absolute atomic E-state index is 12.7. The lowest BCUT2D eigenvalue weighted by Gasteiger charge is -2.28. The first kappa shape index (κ1) is 14.8. The second-order valence-electron chi connectivity index (χ2n) is 5.46. The molecule has 2 aromatic rings. The summed E-state index contributed by atoms with van der Waals surface area (Å²) in [5.74, 6) is -0.660. The normalized spacial score (nSPS) is 15.7. The Kier molecular flexibility index (Phi) is 4.22. The molecule has 0 aliphatic carbocycles. The molecule has 0 spiro atoms. The van der Waals surface area contributed by atoms with Crippen molar-refractivity contribution >= 4 is 5.97 Å². The number of hydrogen-bond acceptors (Lipinski definition) is 4. The molecule has 22 heavy (non-hydrogen) atoms.